The van der Waals surface area contributed by atoms with Crippen molar-refractivity contribution in [2.45, 2.75) is 62.8 Å². The van der Waals surface area contributed by atoms with Crippen LogP contribution >= 0.6 is 0 Å². The standard InChI is InChI=1S/C24H27N3O5S/c1-24(11-12-24)33(31,32)26-13-9-16(10-14-26)5-6-17-3-2-4-18-19(17)15-27(23(18)30)20-7-8-21(28)25-22(20)29/h2-4,16,20H,7-15H2,1H3,(H,25,28,29). The van der Waals surface area contributed by atoms with Gasteiger partial charge < -0.3 is 4.90 Å². The minimum absolute atomic E-state index is 0.0997. The van der Waals surface area contributed by atoms with E-state index >= 15 is 0 Å². The van der Waals surface area contributed by atoms with Gasteiger partial charge in [0.1, 0.15) is 6.04 Å². The van der Waals surface area contributed by atoms with E-state index in [9.17, 15) is 22.8 Å². The maximum absolute atomic E-state index is 12.9. The lowest BCUT2D eigenvalue weighted by molar-refractivity contribution is -0.136. The van der Waals surface area contributed by atoms with Crippen molar-refractivity contribution in [1.82, 2.24) is 14.5 Å². The second-order valence-corrected chi connectivity index (χ2v) is 12.1. The molecule has 3 aliphatic heterocycles. The molecule has 2 saturated heterocycles. The van der Waals surface area contributed by atoms with Gasteiger partial charge in [0, 0.05) is 43.1 Å². The molecule has 5 rings (SSSR count). The number of benzene rings is 1. The normalized spacial score (nSPS) is 25.3. The van der Waals surface area contributed by atoms with E-state index in [0.29, 0.717) is 44.5 Å². The predicted octanol–water partition coefficient (Wildman–Crippen LogP) is 1.39. The fourth-order valence-electron chi connectivity index (χ4n) is 4.87. The number of hydrogen-bond donors (Lipinski definition) is 1. The molecule has 0 radical (unpaired) electrons. The number of sulfonamides is 1. The summed E-state index contributed by atoms with van der Waals surface area (Å²) < 4.78 is 26.5. The number of imide groups is 1. The third-order valence-corrected chi connectivity index (χ3v) is 10.1. The summed E-state index contributed by atoms with van der Waals surface area (Å²) in [5, 5.41) is 2.32. The highest BCUT2D eigenvalue weighted by atomic mass is 32.2. The van der Waals surface area contributed by atoms with Crippen molar-refractivity contribution >= 4 is 27.7 Å². The highest BCUT2D eigenvalue weighted by molar-refractivity contribution is 7.90. The molecule has 1 atom stereocenters. The Morgan fingerprint density at radius 2 is 1.82 bits per heavy atom. The van der Waals surface area contributed by atoms with Gasteiger partial charge in [-0.25, -0.2) is 12.7 Å². The lowest BCUT2D eigenvalue weighted by Gasteiger charge is -2.31. The van der Waals surface area contributed by atoms with Crippen molar-refractivity contribution in [3.63, 3.8) is 0 Å². The molecule has 9 heteroatoms. The average molecular weight is 470 g/mol. The van der Waals surface area contributed by atoms with Crippen LogP contribution in [0.15, 0.2) is 18.2 Å². The molecule has 1 aromatic carbocycles. The van der Waals surface area contributed by atoms with E-state index in [-0.39, 0.29) is 24.2 Å². The number of hydrogen-bond acceptors (Lipinski definition) is 5. The van der Waals surface area contributed by atoms with Gasteiger partial charge in [0.05, 0.1) is 4.75 Å². The fraction of sp³-hybridized carbons (Fsp3) is 0.542. The minimum atomic E-state index is -3.23. The molecular formula is C24H27N3O5S. The molecule has 174 valence electrons. The van der Waals surface area contributed by atoms with Crippen LogP contribution < -0.4 is 5.32 Å². The number of nitrogens with zero attached hydrogens (tertiary/aromatic N) is 2. The van der Waals surface area contributed by atoms with Crippen LogP contribution in [-0.4, -0.2) is 59.2 Å². The molecule has 1 aromatic rings. The van der Waals surface area contributed by atoms with E-state index in [1.807, 2.05) is 13.0 Å². The van der Waals surface area contributed by atoms with E-state index < -0.39 is 26.7 Å². The van der Waals surface area contributed by atoms with Gasteiger partial charge in [-0.2, -0.15) is 0 Å². The van der Waals surface area contributed by atoms with Crippen molar-refractivity contribution < 1.29 is 22.8 Å². The molecule has 0 spiro atoms. The Balaban J connectivity index is 1.28. The van der Waals surface area contributed by atoms with Crippen LogP contribution in [0.25, 0.3) is 0 Å². The zero-order valence-corrected chi connectivity index (χ0v) is 19.4. The van der Waals surface area contributed by atoms with Crippen molar-refractivity contribution in [2.75, 3.05) is 13.1 Å². The average Bonchev–Trinajstić information content (AvgIpc) is 3.47. The first-order valence-electron chi connectivity index (χ1n) is 11.5. The number of rotatable bonds is 3. The van der Waals surface area contributed by atoms with E-state index in [0.717, 1.165) is 24.0 Å². The number of fused-ring (bicyclic) bond motifs is 1. The second kappa shape index (κ2) is 7.96. The molecule has 1 N–H and O–H groups in total. The smallest absolute Gasteiger partial charge is 0.255 e. The summed E-state index contributed by atoms with van der Waals surface area (Å²) in [5.41, 5.74) is 2.11. The first kappa shape index (κ1) is 22.1. The molecule has 4 aliphatic rings. The monoisotopic (exact) mass is 469 g/mol. The largest absolute Gasteiger partial charge is 0.322 e. The van der Waals surface area contributed by atoms with Gasteiger partial charge in [-0.3, -0.25) is 19.7 Å². The third-order valence-electron chi connectivity index (χ3n) is 7.36. The maximum Gasteiger partial charge on any atom is 0.255 e. The Morgan fingerprint density at radius 1 is 1.09 bits per heavy atom. The van der Waals surface area contributed by atoms with E-state index in [1.54, 1.807) is 16.4 Å². The molecule has 1 aliphatic carbocycles. The molecule has 33 heavy (non-hydrogen) atoms. The van der Waals surface area contributed by atoms with E-state index in [1.165, 1.54) is 4.90 Å². The summed E-state index contributed by atoms with van der Waals surface area (Å²) in [7, 11) is -3.23. The van der Waals surface area contributed by atoms with Gasteiger partial charge in [0.2, 0.25) is 21.8 Å². The van der Waals surface area contributed by atoms with Crippen LogP contribution in [0.5, 0.6) is 0 Å². The fourth-order valence-corrected chi connectivity index (χ4v) is 6.80. The lowest BCUT2D eigenvalue weighted by atomic mass is 9.97. The van der Waals surface area contributed by atoms with Crippen LogP contribution in [0.3, 0.4) is 0 Å². The van der Waals surface area contributed by atoms with E-state index in [4.69, 9.17) is 0 Å². The van der Waals surface area contributed by atoms with Gasteiger partial charge in [-0.1, -0.05) is 17.9 Å². The van der Waals surface area contributed by atoms with Gasteiger partial charge >= 0.3 is 0 Å². The Labute approximate surface area is 193 Å². The lowest BCUT2D eigenvalue weighted by Crippen LogP contribution is -2.52. The first-order chi connectivity index (χ1) is 15.7. The minimum Gasteiger partial charge on any atom is -0.322 e. The van der Waals surface area contributed by atoms with Crippen molar-refractivity contribution in [3.05, 3.63) is 34.9 Å². The van der Waals surface area contributed by atoms with Crippen molar-refractivity contribution in [3.8, 4) is 11.8 Å². The zero-order chi connectivity index (χ0) is 23.4. The molecular weight excluding hydrogens is 442 g/mol. The quantitative estimate of drug-likeness (QED) is 0.532. The second-order valence-electron chi connectivity index (χ2n) is 9.63. The Bertz CT molecular complexity index is 1200. The summed E-state index contributed by atoms with van der Waals surface area (Å²) in [6, 6.07) is 4.76. The van der Waals surface area contributed by atoms with Crippen LogP contribution in [0.4, 0.5) is 0 Å². The van der Waals surface area contributed by atoms with Gasteiger partial charge in [-0.05, 0) is 56.7 Å². The summed E-state index contributed by atoms with van der Waals surface area (Å²) in [5.74, 6) is 5.66. The number of carbonyl (C=O) groups is 3. The van der Waals surface area contributed by atoms with Gasteiger partial charge in [0.15, 0.2) is 0 Å². The summed E-state index contributed by atoms with van der Waals surface area (Å²) in [6.07, 6.45) is 3.41. The molecule has 1 saturated carbocycles. The molecule has 3 amide bonds. The molecule has 0 bridgehead atoms. The van der Waals surface area contributed by atoms with Gasteiger partial charge in [-0.15, -0.1) is 0 Å². The molecule has 3 heterocycles. The van der Waals surface area contributed by atoms with E-state index in [2.05, 4.69) is 17.2 Å². The zero-order valence-electron chi connectivity index (χ0n) is 18.6. The highest BCUT2D eigenvalue weighted by Crippen LogP contribution is 2.45. The first-order valence-corrected chi connectivity index (χ1v) is 12.9. The Hall–Kier alpha value is -2.70. The topological polar surface area (TPSA) is 104 Å². The SMILES string of the molecule is CC1(S(=O)(=O)N2CCC(C#Cc3cccc4c3CN(C3CCC(=O)NC3=O)C4=O)CC2)CC1. The van der Waals surface area contributed by atoms with Crippen molar-refractivity contribution in [2.24, 2.45) is 5.92 Å². The van der Waals surface area contributed by atoms with Crippen LogP contribution in [0.1, 0.15) is 66.9 Å². The number of amides is 3. The summed E-state index contributed by atoms with van der Waals surface area (Å²) >= 11 is 0. The number of nitrogens with one attached hydrogen (secondary N) is 1. The number of piperidine rings is 2. The third kappa shape index (κ3) is 3.85. The van der Waals surface area contributed by atoms with Crippen molar-refractivity contribution in [1.29, 1.82) is 0 Å². The predicted molar refractivity (Wildman–Crippen MR) is 120 cm³/mol. The molecule has 8 nitrogen and oxygen atoms in total. The molecule has 0 aromatic heterocycles. The van der Waals surface area contributed by atoms with Crippen LogP contribution in [-0.2, 0) is 26.2 Å². The van der Waals surface area contributed by atoms with Crippen LogP contribution in [0, 0.1) is 17.8 Å². The maximum atomic E-state index is 12.9. The highest BCUT2D eigenvalue weighted by Gasteiger charge is 2.53. The number of carbonyl (C=O) groups excluding carboxylic acids is 3. The Kier molecular flexibility index (Phi) is 5.33. The Morgan fingerprint density at radius 3 is 2.48 bits per heavy atom. The summed E-state index contributed by atoms with van der Waals surface area (Å²) in [6.45, 7) is 3.10. The van der Waals surface area contributed by atoms with Gasteiger partial charge in [0.25, 0.3) is 5.91 Å². The van der Waals surface area contributed by atoms with Crippen LogP contribution in [0.2, 0.25) is 0 Å². The molecule has 3 fully saturated rings. The molecule has 1 unspecified atom stereocenters. The summed E-state index contributed by atoms with van der Waals surface area (Å²) in [4.78, 5) is 38.2.